The number of hydrogen-bond donors (Lipinski definition) is 1. The monoisotopic (exact) mass is 549 g/mol. The Morgan fingerprint density at radius 1 is 1.05 bits per heavy atom. The van der Waals surface area contributed by atoms with E-state index in [0.29, 0.717) is 40.1 Å². The summed E-state index contributed by atoms with van der Waals surface area (Å²) in [5.41, 5.74) is 4.17. The quantitative estimate of drug-likeness (QED) is 0.328. The molecule has 10 heteroatoms. The van der Waals surface area contributed by atoms with Crippen molar-refractivity contribution in [3.63, 3.8) is 0 Å². The molecular formula is C29H28FN3O5S. The predicted octanol–water partition coefficient (Wildman–Crippen LogP) is 4.58. The standard InChI is InChI=1S/C29H28FN3O5S/c1-4-33(39(3,35)36)27-23-14-20(13-18-5-9-21(30)10-6-18)15-31-26(23)28(25-24(27)16-32-29(25)34)38-17-19-7-11-22(37-2)12-8-19/h5-12,14-15H,4,13,16-17H2,1-3H3,(H,32,34). The maximum atomic E-state index is 13.4. The van der Waals surface area contributed by atoms with E-state index < -0.39 is 10.0 Å². The van der Waals surface area contributed by atoms with Gasteiger partial charge in [-0.05, 0) is 60.4 Å². The van der Waals surface area contributed by atoms with Crippen molar-refractivity contribution in [1.29, 1.82) is 0 Å². The van der Waals surface area contributed by atoms with Crippen molar-refractivity contribution in [2.75, 3.05) is 24.2 Å². The number of ether oxygens (including phenoxy) is 2. The van der Waals surface area contributed by atoms with Crippen LogP contribution in [-0.2, 0) is 29.6 Å². The van der Waals surface area contributed by atoms with Crippen LogP contribution in [0.3, 0.4) is 0 Å². The van der Waals surface area contributed by atoms with E-state index in [1.807, 2.05) is 30.3 Å². The predicted molar refractivity (Wildman–Crippen MR) is 147 cm³/mol. The molecule has 8 nitrogen and oxygen atoms in total. The Bertz CT molecular complexity index is 1660. The summed E-state index contributed by atoms with van der Waals surface area (Å²) in [5.74, 6) is 0.340. The summed E-state index contributed by atoms with van der Waals surface area (Å²) >= 11 is 0. The average Bonchev–Trinajstić information content (AvgIpc) is 3.30. The van der Waals surface area contributed by atoms with E-state index in [2.05, 4.69) is 10.3 Å². The second-order valence-electron chi connectivity index (χ2n) is 9.32. The number of carbonyl (C=O) groups is 1. The molecule has 39 heavy (non-hydrogen) atoms. The Hall–Kier alpha value is -4.18. The summed E-state index contributed by atoms with van der Waals surface area (Å²) in [6, 6.07) is 15.4. The second-order valence-corrected chi connectivity index (χ2v) is 11.2. The molecular weight excluding hydrogens is 521 g/mol. The van der Waals surface area contributed by atoms with E-state index in [9.17, 15) is 17.6 Å². The molecule has 0 spiro atoms. The Morgan fingerprint density at radius 3 is 2.38 bits per heavy atom. The van der Waals surface area contributed by atoms with Gasteiger partial charge in [-0.3, -0.25) is 14.1 Å². The lowest BCUT2D eigenvalue weighted by atomic mass is 9.98. The highest BCUT2D eigenvalue weighted by Crippen LogP contribution is 2.44. The summed E-state index contributed by atoms with van der Waals surface area (Å²) in [5, 5.41) is 3.38. The molecule has 5 rings (SSSR count). The van der Waals surface area contributed by atoms with Crippen molar-refractivity contribution < 1.29 is 27.1 Å². The summed E-state index contributed by atoms with van der Waals surface area (Å²) in [7, 11) is -2.09. The molecule has 0 aliphatic carbocycles. The van der Waals surface area contributed by atoms with E-state index in [-0.39, 0.29) is 37.0 Å². The number of sulfonamides is 1. The number of nitrogens with one attached hydrogen (secondary N) is 1. The van der Waals surface area contributed by atoms with E-state index >= 15 is 0 Å². The van der Waals surface area contributed by atoms with Gasteiger partial charge in [-0.25, -0.2) is 12.8 Å². The third-order valence-corrected chi connectivity index (χ3v) is 7.92. The third-order valence-electron chi connectivity index (χ3n) is 6.68. The maximum absolute atomic E-state index is 13.4. The smallest absolute Gasteiger partial charge is 0.255 e. The zero-order valence-corrected chi connectivity index (χ0v) is 22.6. The molecule has 0 fully saturated rings. The highest BCUT2D eigenvalue weighted by Gasteiger charge is 2.34. The fraction of sp³-hybridized carbons (Fsp3) is 0.241. The van der Waals surface area contributed by atoms with Crippen LogP contribution in [0.4, 0.5) is 10.1 Å². The number of halogens is 1. The number of hydrogen-bond acceptors (Lipinski definition) is 6. The fourth-order valence-corrected chi connectivity index (χ4v) is 5.88. The van der Waals surface area contributed by atoms with Gasteiger partial charge in [-0.1, -0.05) is 24.3 Å². The molecule has 1 N–H and O–H groups in total. The van der Waals surface area contributed by atoms with E-state index in [1.54, 1.807) is 32.4 Å². The molecule has 0 bridgehead atoms. The van der Waals surface area contributed by atoms with Gasteiger partial charge in [0.1, 0.15) is 23.7 Å². The first-order chi connectivity index (χ1) is 18.7. The number of methoxy groups -OCH3 is 1. The fourth-order valence-electron chi connectivity index (χ4n) is 4.87. The minimum Gasteiger partial charge on any atom is -0.497 e. The maximum Gasteiger partial charge on any atom is 0.255 e. The lowest BCUT2D eigenvalue weighted by molar-refractivity contribution is 0.0962. The summed E-state index contributed by atoms with van der Waals surface area (Å²) in [4.78, 5) is 17.7. The molecule has 0 atom stereocenters. The minimum absolute atomic E-state index is 0.159. The summed E-state index contributed by atoms with van der Waals surface area (Å²) < 4.78 is 51.9. The van der Waals surface area contributed by atoms with Crippen molar-refractivity contribution in [2.45, 2.75) is 26.5 Å². The molecule has 202 valence electrons. The Kier molecular flexibility index (Phi) is 7.14. The van der Waals surface area contributed by atoms with Crippen molar-refractivity contribution >= 4 is 32.5 Å². The van der Waals surface area contributed by atoms with E-state index in [0.717, 1.165) is 22.9 Å². The van der Waals surface area contributed by atoms with Crippen LogP contribution in [0.2, 0.25) is 0 Å². The van der Waals surface area contributed by atoms with Crippen molar-refractivity contribution in [3.8, 4) is 11.5 Å². The molecule has 0 saturated carbocycles. The van der Waals surface area contributed by atoms with Crippen LogP contribution in [0.25, 0.3) is 10.9 Å². The van der Waals surface area contributed by atoms with Gasteiger partial charge in [-0.2, -0.15) is 0 Å². The van der Waals surface area contributed by atoms with Crippen LogP contribution in [-0.4, -0.2) is 39.2 Å². The largest absolute Gasteiger partial charge is 0.497 e. The first kappa shape index (κ1) is 26.4. The SMILES string of the molecule is CCN(c1c2c(c(OCc3ccc(OC)cc3)c3ncc(Cc4ccc(F)cc4)cc13)C(=O)NC2)S(C)(=O)=O. The lowest BCUT2D eigenvalue weighted by Gasteiger charge is -2.26. The van der Waals surface area contributed by atoms with Crippen molar-refractivity contribution in [2.24, 2.45) is 0 Å². The van der Waals surface area contributed by atoms with Gasteiger partial charge in [0.15, 0.2) is 5.75 Å². The van der Waals surface area contributed by atoms with Gasteiger partial charge < -0.3 is 14.8 Å². The van der Waals surface area contributed by atoms with Crippen molar-refractivity contribution in [3.05, 3.63) is 94.4 Å². The molecule has 0 saturated heterocycles. The molecule has 0 unspecified atom stereocenters. The Labute approximate surface area is 226 Å². The number of amides is 1. The molecule has 2 heterocycles. The molecule has 1 aliphatic rings. The van der Waals surface area contributed by atoms with Gasteiger partial charge in [0.2, 0.25) is 10.0 Å². The number of pyridine rings is 1. The number of nitrogens with zero attached hydrogens (tertiary/aromatic N) is 2. The number of benzene rings is 3. The van der Waals surface area contributed by atoms with E-state index in [1.165, 1.54) is 16.4 Å². The van der Waals surface area contributed by atoms with Gasteiger partial charge >= 0.3 is 0 Å². The highest BCUT2D eigenvalue weighted by atomic mass is 32.2. The van der Waals surface area contributed by atoms with Gasteiger partial charge in [0.05, 0.1) is 24.6 Å². The average molecular weight is 550 g/mol. The van der Waals surface area contributed by atoms with Crippen LogP contribution in [0, 0.1) is 5.82 Å². The van der Waals surface area contributed by atoms with Gasteiger partial charge in [0.25, 0.3) is 5.91 Å². The molecule has 1 aromatic heterocycles. The zero-order chi connectivity index (χ0) is 27.7. The molecule has 3 aromatic carbocycles. The Balaban J connectivity index is 1.68. The highest BCUT2D eigenvalue weighted by molar-refractivity contribution is 7.92. The Morgan fingerprint density at radius 2 is 1.74 bits per heavy atom. The molecule has 4 aromatic rings. The first-order valence-electron chi connectivity index (χ1n) is 12.4. The number of carbonyl (C=O) groups excluding carboxylic acids is 1. The summed E-state index contributed by atoms with van der Waals surface area (Å²) in [6.45, 7) is 2.24. The van der Waals surface area contributed by atoms with E-state index in [4.69, 9.17) is 9.47 Å². The second kappa shape index (κ2) is 10.5. The molecule has 1 aliphatic heterocycles. The number of rotatable bonds is 9. The lowest BCUT2D eigenvalue weighted by Crippen LogP contribution is -2.31. The third kappa shape index (κ3) is 5.24. The normalized spacial score (nSPS) is 12.8. The van der Waals surface area contributed by atoms with Crippen LogP contribution in [0.5, 0.6) is 11.5 Å². The zero-order valence-electron chi connectivity index (χ0n) is 21.8. The van der Waals surface area contributed by atoms with Crippen LogP contribution < -0.4 is 19.1 Å². The topological polar surface area (TPSA) is 97.8 Å². The van der Waals surface area contributed by atoms with Crippen LogP contribution in [0.1, 0.15) is 39.5 Å². The minimum atomic E-state index is -3.68. The number of fused-ring (bicyclic) bond motifs is 2. The van der Waals surface area contributed by atoms with Crippen LogP contribution >= 0.6 is 0 Å². The van der Waals surface area contributed by atoms with Crippen LogP contribution in [0.15, 0.2) is 60.8 Å². The molecule has 0 radical (unpaired) electrons. The summed E-state index contributed by atoms with van der Waals surface area (Å²) in [6.07, 6.45) is 3.28. The molecule has 1 amide bonds. The van der Waals surface area contributed by atoms with Gasteiger partial charge in [-0.15, -0.1) is 0 Å². The first-order valence-corrected chi connectivity index (χ1v) is 14.3. The number of anilines is 1. The van der Waals surface area contributed by atoms with Gasteiger partial charge in [0, 0.05) is 30.2 Å². The van der Waals surface area contributed by atoms with Crippen molar-refractivity contribution in [1.82, 2.24) is 10.3 Å². The number of aromatic nitrogens is 1.